The number of hydrogen-bond acceptors (Lipinski definition) is 6. The van der Waals surface area contributed by atoms with Crippen molar-refractivity contribution in [3.05, 3.63) is 28.4 Å². The van der Waals surface area contributed by atoms with E-state index in [1.54, 1.807) is 13.8 Å². The molecule has 1 aromatic heterocycles. The van der Waals surface area contributed by atoms with E-state index in [-0.39, 0.29) is 11.9 Å². The number of esters is 1. The Morgan fingerprint density at radius 2 is 2.11 bits per heavy atom. The van der Waals surface area contributed by atoms with Crippen LogP contribution < -0.4 is 4.74 Å². The fourth-order valence-electron chi connectivity index (χ4n) is 1.18. The second kappa shape index (κ2) is 5.95. The van der Waals surface area contributed by atoms with Crippen LogP contribution in [0.5, 0.6) is 5.75 Å². The number of ether oxygens (including phenoxy) is 2. The van der Waals surface area contributed by atoms with Crippen LogP contribution in [0.15, 0.2) is 18.3 Å². The molecule has 0 aromatic carbocycles. The third kappa shape index (κ3) is 3.69. The molecule has 18 heavy (non-hydrogen) atoms. The van der Waals surface area contributed by atoms with Crippen molar-refractivity contribution in [2.24, 2.45) is 0 Å². The number of rotatable bonds is 5. The first kappa shape index (κ1) is 13.9. The molecule has 1 heterocycles. The lowest BCUT2D eigenvalue weighted by atomic mass is 10.3. The van der Waals surface area contributed by atoms with Crippen molar-refractivity contribution >= 4 is 11.8 Å². The summed E-state index contributed by atoms with van der Waals surface area (Å²) >= 11 is 0. The van der Waals surface area contributed by atoms with Crippen molar-refractivity contribution in [2.75, 3.05) is 0 Å². The van der Waals surface area contributed by atoms with Gasteiger partial charge in [-0.05, 0) is 42.8 Å². The fraction of sp³-hybridized carbons (Fsp3) is 0.455. The summed E-state index contributed by atoms with van der Waals surface area (Å²) in [6, 6.07) is 2.87. The third-order valence-corrected chi connectivity index (χ3v) is 1.91. The minimum Gasteiger partial charge on any atom is -0.471 e. The van der Waals surface area contributed by atoms with Crippen molar-refractivity contribution < 1.29 is 19.2 Å². The molecule has 0 saturated carbocycles. The van der Waals surface area contributed by atoms with Crippen LogP contribution in [0.4, 0.5) is 5.82 Å². The lowest BCUT2D eigenvalue weighted by Crippen LogP contribution is -2.28. The molecule has 0 N–H and O–H groups in total. The maximum Gasteiger partial charge on any atom is 0.406 e. The van der Waals surface area contributed by atoms with Gasteiger partial charge in [-0.2, -0.15) is 0 Å². The second-order valence-electron chi connectivity index (χ2n) is 3.83. The summed E-state index contributed by atoms with van der Waals surface area (Å²) in [5, 5.41) is 10.7. The molecule has 0 radical (unpaired) electrons. The summed E-state index contributed by atoms with van der Waals surface area (Å²) in [6.07, 6.45) is 0.0741. The van der Waals surface area contributed by atoms with E-state index in [0.717, 1.165) is 0 Å². The van der Waals surface area contributed by atoms with Gasteiger partial charge in [-0.15, -0.1) is 0 Å². The minimum absolute atomic E-state index is 0.0595. The molecule has 0 bridgehead atoms. The molecule has 1 atom stereocenters. The lowest BCUT2D eigenvalue weighted by Gasteiger charge is -2.15. The van der Waals surface area contributed by atoms with Crippen LogP contribution in [-0.4, -0.2) is 28.1 Å². The molecule has 0 amide bonds. The average molecular weight is 254 g/mol. The number of hydrogen-bond donors (Lipinski definition) is 0. The minimum atomic E-state index is -0.935. The third-order valence-electron chi connectivity index (χ3n) is 1.91. The van der Waals surface area contributed by atoms with Gasteiger partial charge >= 0.3 is 11.8 Å². The first-order valence-electron chi connectivity index (χ1n) is 5.38. The first-order chi connectivity index (χ1) is 8.41. The van der Waals surface area contributed by atoms with Crippen molar-refractivity contribution in [1.82, 2.24) is 4.98 Å². The van der Waals surface area contributed by atoms with E-state index >= 15 is 0 Å². The van der Waals surface area contributed by atoms with Crippen LogP contribution in [0.2, 0.25) is 0 Å². The molecular weight excluding hydrogens is 240 g/mol. The van der Waals surface area contributed by atoms with Crippen LogP contribution in [0.25, 0.3) is 0 Å². The molecule has 7 nitrogen and oxygen atoms in total. The van der Waals surface area contributed by atoms with Gasteiger partial charge in [0.05, 0.1) is 6.10 Å². The van der Waals surface area contributed by atoms with Crippen molar-refractivity contribution in [1.29, 1.82) is 0 Å². The fourth-order valence-corrected chi connectivity index (χ4v) is 1.18. The number of nitrogens with zero attached hydrogens (tertiary/aromatic N) is 2. The molecule has 0 saturated heterocycles. The van der Waals surface area contributed by atoms with Crippen molar-refractivity contribution in [3.63, 3.8) is 0 Å². The van der Waals surface area contributed by atoms with E-state index in [4.69, 9.17) is 9.47 Å². The highest BCUT2D eigenvalue weighted by atomic mass is 16.6. The summed E-state index contributed by atoms with van der Waals surface area (Å²) in [7, 11) is 0. The van der Waals surface area contributed by atoms with Gasteiger partial charge in [0.1, 0.15) is 6.20 Å². The zero-order chi connectivity index (χ0) is 13.7. The van der Waals surface area contributed by atoms with Gasteiger partial charge in [-0.25, -0.2) is 4.79 Å². The first-order valence-corrected chi connectivity index (χ1v) is 5.38. The predicted molar refractivity (Wildman–Crippen MR) is 62.2 cm³/mol. The monoisotopic (exact) mass is 254 g/mol. The largest absolute Gasteiger partial charge is 0.471 e. The summed E-state index contributed by atoms with van der Waals surface area (Å²) in [6.45, 7) is 4.87. The molecule has 0 fully saturated rings. The number of nitro groups is 1. The quantitative estimate of drug-likeness (QED) is 0.451. The van der Waals surface area contributed by atoms with Gasteiger partial charge in [0.2, 0.25) is 5.75 Å². The molecule has 0 spiro atoms. The van der Waals surface area contributed by atoms with Crippen molar-refractivity contribution in [3.8, 4) is 5.75 Å². The predicted octanol–water partition coefficient (Wildman–Crippen LogP) is 1.71. The highest BCUT2D eigenvalue weighted by Gasteiger charge is 2.23. The lowest BCUT2D eigenvalue weighted by molar-refractivity contribution is -0.390. The SMILES string of the molecule is CC(C)OC(=O)C(C)Oc1cccnc1[N+](=O)[O-]. The number of carbonyl (C=O) groups excluding carboxylic acids is 1. The van der Waals surface area contributed by atoms with E-state index in [1.165, 1.54) is 25.3 Å². The second-order valence-corrected chi connectivity index (χ2v) is 3.83. The van der Waals surface area contributed by atoms with Gasteiger partial charge in [0.15, 0.2) is 6.10 Å². The molecule has 7 heteroatoms. The molecule has 1 rings (SSSR count). The topological polar surface area (TPSA) is 91.6 Å². The Kier molecular flexibility index (Phi) is 4.59. The summed E-state index contributed by atoms with van der Waals surface area (Å²) in [5.41, 5.74) is 0. The zero-order valence-corrected chi connectivity index (χ0v) is 10.3. The standard InChI is InChI=1S/C11H14N2O5/c1-7(2)17-11(14)8(3)18-9-5-4-6-12-10(9)13(15)16/h4-8H,1-3H3. The van der Waals surface area contributed by atoms with E-state index in [1.807, 2.05) is 0 Å². The Labute approximate surface area is 104 Å². The maximum absolute atomic E-state index is 11.5. The highest BCUT2D eigenvalue weighted by Crippen LogP contribution is 2.24. The summed E-state index contributed by atoms with van der Waals surface area (Å²) < 4.78 is 10.1. The number of carbonyl (C=O) groups is 1. The Balaban J connectivity index is 2.78. The molecule has 1 aromatic rings. The van der Waals surface area contributed by atoms with Crippen molar-refractivity contribution in [2.45, 2.75) is 33.0 Å². The number of aromatic nitrogens is 1. The normalized spacial score (nSPS) is 12.0. The van der Waals surface area contributed by atoms with Gasteiger partial charge in [0, 0.05) is 0 Å². The maximum atomic E-state index is 11.5. The van der Waals surface area contributed by atoms with Crippen LogP contribution in [-0.2, 0) is 9.53 Å². The van der Waals surface area contributed by atoms with Gasteiger partial charge in [-0.1, -0.05) is 0 Å². The van der Waals surface area contributed by atoms with E-state index in [0.29, 0.717) is 0 Å². The van der Waals surface area contributed by atoms with E-state index in [2.05, 4.69) is 4.98 Å². The summed E-state index contributed by atoms with van der Waals surface area (Å²) in [4.78, 5) is 25.1. The number of pyridine rings is 1. The van der Waals surface area contributed by atoms with Crippen LogP contribution in [0.1, 0.15) is 20.8 Å². The Bertz CT molecular complexity index is 447. The molecule has 0 aliphatic heterocycles. The van der Waals surface area contributed by atoms with Gasteiger partial charge in [-0.3, -0.25) is 0 Å². The Hall–Kier alpha value is -2.18. The Morgan fingerprint density at radius 3 is 2.67 bits per heavy atom. The smallest absolute Gasteiger partial charge is 0.406 e. The molecule has 0 aliphatic carbocycles. The molecule has 98 valence electrons. The van der Waals surface area contributed by atoms with Gasteiger partial charge < -0.3 is 19.6 Å². The average Bonchev–Trinajstić information content (AvgIpc) is 2.28. The van der Waals surface area contributed by atoms with E-state index in [9.17, 15) is 14.9 Å². The highest BCUT2D eigenvalue weighted by molar-refractivity contribution is 5.74. The molecular formula is C11H14N2O5. The molecule has 1 unspecified atom stereocenters. The van der Waals surface area contributed by atoms with E-state index < -0.39 is 22.8 Å². The zero-order valence-electron chi connectivity index (χ0n) is 10.3. The van der Waals surface area contributed by atoms with Crippen LogP contribution >= 0.6 is 0 Å². The van der Waals surface area contributed by atoms with Crippen LogP contribution in [0.3, 0.4) is 0 Å². The molecule has 0 aliphatic rings. The van der Waals surface area contributed by atoms with Crippen LogP contribution in [0, 0.1) is 10.1 Å². The summed E-state index contributed by atoms with van der Waals surface area (Å²) in [5.74, 6) is -1.07. The van der Waals surface area contributed by atoms with Gasteiger partial charge in [0.25, 0.3) is 0 Å². The Morgan fingerprint density at radius 1 is 1.44 bits per heavy atom.